The summed E-state index contributed by atoms with van der Waals surface area (Å²) in [7, 11) is 0. The van der Waals surface area contributed by atoms with Gasteiger partial charge in [-0.15, -0.1) is 0 Å². The molecule has 0 atom stereocenters. The molecule has 0 aliphatic carbocycles. The maximum absolute atomic E-state index is 11.2. The van der Waals surface area contributed by atoms with Crippen molar-refractivity contribution in [2.24, 2.45) is 0 Å². The summed E-state index contributed by atoms with van der Waals surface area (Å²) in [6.07, 6.45) is 2.51. The number of carbonyl (C=O) groups excluding carboxylic acids is 2. The molecule has 0 spiro atoms. The van der Waals surface area contributed by atoms with Crippen molar-refractivity contribution in [1.82, 2.24) is 4.90 Å². The van der Waals surface area contributed by atoms with Crippen molar-refractivity contribution in [1.29, 1.82) is 0 Å². The fraction of sp³-hybridized carbons (Fsp3) is 0.0556. The molecular formula is C18H15NO5. The Balaban J connectivity index is 0.000000198. The molecule has 24 heavy (non-hydrogen) atoms. The van der Waals surface area contributed by atoms with Crippen LogP contribution in [0.2, 0.25) is 0 Å². The molecule has 6 heteroatoms. The van der Waals surface area contributed by atoms with Crippen LogP contribution in [0.4, 0.5) is 0 Å². The quantitative estimate of drug-likeness (QED) is 0.844. The van der Waals surface area contributed by atoms with E-state index in [-0.39, 0.29) is 24.1 Å². The number of carboxylic acids is 1. The number of phenolic OH excluding ortho intramolecular Hbond substituents is 1. The molecule has 0 saturated heterocycles. The van der Waals surface area contributed by atoms with Crippen LogP contribution in [0.5, 0.6) is 5.75 Å². The topological polar surface area (TPSA) is 94.9 Å². The van der Waals surface area contributed by atoms with E-state index in [0.717, 1.165) is 10.5 Å². The maximum atomic E-state index is 11.2. The summed E-state index contributed by atoms with van der Waals surface area (Å²) in [5.74, 6) is -1.31. The SMILES string of the molecule is O=C(O)c1ccccc1.O=C1C=CC(=O)N1Cc1ccc(O)cc1. The van der Waals surface area contributed by atoms with E-state index >= 15 is 0 Å². The number of imide groups is 1. The van der Waals surface area contributed by atoms with Crippen LogP contribution < -0.4 is 0 Å². The second-order valence-electron chi connectivity index (χ2n) is 4.93. The van der Waals surface area contributed by atoms with E-state index in [4.69, 9.17) is 10.2 Å². The molecule has 0 aromatic heterocycles. The average molecular weight is 325 g/mol. The molecule has 0 radical (unpaired) electrons. The summed E-state index contributed by atoms with van der Waals surface area (Å²) < 4.78 is 0. The highest BCUT2D eigenvalue weighted by molar-refractivity contribution is 6.12. The minimum absolute atomic E-state index is 0.163. The monoisotopic (exact) mass is 325 g/mol. The van der Waals surface area contributed by atoms with Crippen LogP contribution >= 0.6 is 0 Å². The van der Waals surface area contributed by atoms with Gasteiger partial charge in [-0.1, -0.05) is 30.3 Å². The summed E-state index contributed by atoms with van der Waals surface area (Å²) in [5.41, 5.74) is 1.13. The van der Waals surface area contributed by atoms with Crippen molar-refractivity contribution in [2.75, 3.05) is 0 Å². The van der Waals surface area contributed by atoms with E-state index < -0.39 is 5.97 Å². The van der Waals surface area contributed by atoms with Crippen molar-refractivity contribution in [2.45, 2.75) is 6.54 Å². The Bertz CT molecular complexity index is 748. The van der Waals surface area contributed by atoms with Crippen LogP contribution in [-0.2, 0) is 16.1 Å². The second-order valence-corrected chi connectivity index (χ2v) is 4.93. The van der Waals surface area contributed by atoms with Crippen LogP contribution in [0.3, 0.4) is 0 Å². The molecule has 6 nitrogen and oxygen atoms in total. The normalized spacial score (nSPS) is 12.8. The molecule has 0 bridgehead atoms. The molecule has 0 unspecified atom stereocenters. The lowest BCUT2D eigenvalue weighted by Crippen LogP contribution is -2.29. The highest BCUT2D eigenvalue weighted by Gasteiger charge is 2.22. The number of benzene rings is 2. The number of aromatic hydroxyl groups is 1. The zero-order valence-electron chi connectivity index (χ0n) is 12.6. The zero-order chi connectivity index (χ0) is 17.5. The van der Waals surface area contributed by atoms with Gasteiger partial charge in [0.25, 0.3) is 11.8 Å². The van der Waals surface area contributed by atoms with Gasteiger partial charge in [0.15, 0.2) is 0 Å². The van der Waals surface area contributed by atoms with Gasteiger partial charge >= 0.3 is 5.97 Å². The van der Waals surface area contributed by atoms with Gasteiger partial charge in [-0.25, -0.2) is 4.79 Å². The van der Waals surface area contributed by atoms with Gasteiger partial charge < -0.3 is 10.2 Å². The highest BCUT2D eigenvalue weighted by atomic mass is 16.4. The maximum Gasteiger partial charge on any atom is 0.335 e. The Labute approximate surface area is 138 Å². The van der Waals surface area contributed by atoms with Crippen molar-refractivity contribution >= 4 is 17.8 Å². The third-order valence-corrected chi connectivity index (χ3v) is 3.20. The average Bonchev–Trinajstić information content (AvgIpc) is 2.90. The van der Waals surface area contributed by atoms with Crippen LogP contribution in [0, 0.1) is 0 Å². The summed E-state index contributed by atoms with van der Waals surface area (Å²) in [6, 6.07) is 14.7. The first-order chi connectivity index (χ1) is 11.5. The number of aromatic carboxylic acids is 1. The lowest BCUT2D eigenvalue weighted by Gasteiger charge is -2.13. The molecule has 0 saturated carbocycles. The largest absolute Gasteiger partial charge is 0.508 e. The summed E-state index contributed by atoms with van der Waals surface area (Å²) in [4.78, 5) is 33.8. The second kappa shape index (κ2) is 7.73. The number of nitrogens with zero attached hydrogens (tertiary/aromatic N) is 1. The van der Waals surface area contributed by atoms with E-state index in [1.54, 1.807) is 42.5 Å². The number of hydrogen-bond acceptors (Lipinski definition) is 4. The molecule has 2 N–H and O–H groups in total. The lowest BCUT2D eigenvalue weighted by atomic mass is 10.2. The Morgan fingerprint density at radius 1 is 0.875 bits per heavy atom. The Kier molecular flexibility index (Phi) is 5.46. The first-order valence-electron chi connectivity index (χ1n) is 7.07. The number of hydrogen-bond donors (Lipinski definition) is 2. The smallest absolute Gasteiger partial charge is 0.335 e. The Morgan fingerprint density at radius 3 is 1.88 bits per heavy atom. The van der Waals surface area contributed by atoms with Crippen molar-refractivity contribution in [3.63, 3.8) is 0 Å². The van der Waals surface area contributed by atoms with Crippen LogP contribution in [0.1, 0.15) is 15.9 Å². The van der Waals surface area contributed by atoms with Crippen molar-refractivity contribution in [3.8, 4) is 5.75 Å². The predicted octanol–water partition coefficient (Wildman–Crippen LogP) is 2.20. The van der Waals surface area contributed by atoms with E-state index in [0.29, 0.717) is 5.56 Å². The summed E-state index contributed by atoms with van der Waals surface area (Å²) in [5, 5.41) is 17.4. The highest BCUT2D eigenvalue weighted by Crippen LogP contribution is 2.14. The molecule has 3 rings (SSSR count). The number of phenols is 1. The molecule has 122 valence electrons. The van der Waals surface area contributed by atoms with Crippen molar-refractivity contribution < 1.29 is 24.6 Å². The van der Waals surface area contributed by atoms with Gasteiger partial charge in [-0.2, -0.15) is 0 Å². The Morgan fingerprint density at radius 2 is 1.42 bits per heavy atom. The third-order valence-electron chi connectivity index (χ3n) is 3.20. The van der Waals surface area contributed by atoms with E-state index in [1.165, 1.54) is 24.3 Å². The fourth-order valence-corrected chi connectivity index (χ4v) is 1.95. The lowest BCUT2D eigenvalue weighted by molar-refractivity contribution is -0.137. The standard InChI is InChI=1S/C11H9NO3.C7H6O2/c13-9-3-1-8(2-4-9)7-12-10(14)5-6-11(12)15;8-7(9)6-4-2-1-3-5-6/h1-6,13H,7H2;1-5H,(H,8,9). The minimum atomic E-state index is -0.879. The first kappa shape index (κ1) is 17.0. The number of amides is 2. The summed E-state index contributed by atoms with van der Waals surface area (Å²) >= 11 is 0. The number of carboxylic acid groups (broad SMARTS) is 1. The van der Waals surface area contributed by atoms with Gasteiger partial charge in [0.2, 0.25) is 0 Å². The van der Waals surface area contributed by atoms with Crippen LogP contribution in [-0.4, -0.2) is 32.9 Å². The molecule has 1 aliphatic rings. The van der Waals surface area contributed by atoms with Gasteiger partial charge in [0.05, 0.1) is 12.1 Å². The van der Waals surface area contributed by atoms with Gasteiger partial charge in [-0.3, -0.25) is 14.5 Å². The van der Waals surface area contributed by atoms with Crippen molar-refractivity contribution in [3.05, 3.63) is 77.9 Å². The molecule has 2 aromatic carbocycles. The molecule has 1 heterocycles. The minimum Gasteiger partial charge on any atom is -0.508 e. The van der Waals surface area contributed by atoms with Crippen LogP contribution in [0.25, 0.3) is 0 Å². The third kappa shape index (κ3) is 4.54. The fourth-order valence-electron chi connectivity index (χ4n) is 1.95. The molecule has 2 aromatic rings. The molecule has 2 amide bonds. The number of rotatable bonds is 3. The number of carbonyl (C=O) groups is 3. The zero-order valence-corrected chi connectivity index (χ0v) is 12.6. The van der Waals surface area contributed by atoms with E-state index in [9.17, 15) is 14.4 Å². The van der Waals surface area contributed by atoms with Gasteiger partial charge in [-0.05, 0) is 29.8 Å². The Hall–Kier alpha value is -3.41. The predicted molar refractivity (Wildman–Crippen MR) is 86.2 cm³/mol. The van der Waals surface area contributed by atoms with E-state index in [1.807, 2.05) is 0 Å². The summed E-state index contributed by atoms with van der Waals surface area (Å²) in [6.45, 7) is 0.241. The van der Waals surface area contributed by atoms with Gasteiger partial charge in [0.1, 0.15) is 5.75 Å². The molecular weight excluding hydrogens is 310 g/mol. The van der Waals surface area contributed by atoms with E-state index in [2.05, 4.69) is 0 Å². The van der Waals surface area contributed by atoms with Crippen LogP contribution in [0.15, 0.2) is 66.7 Å². The molecule has 0 fully saturated rings. The first-order valence-corrected chi connectivity index (χ1v) is 7.07. The van der Waals surface area contributed by atoms with Gasteiger partial charge in [0, 0.05) is 12.2 Å². The molecule has 1 aliphatic heterocycles.